The number of hydrogen-bond acceptors (Lipinski definition) is 3. The summed E-state index contributed by atoms with van der Waals surface area (Å²) in [6.07, 6.45) is 1.10. The molecule has 0 aliphatic carbocycles. The van der Waals surface area contributed by atoms with Gasteiger partial charge in [-0.1, -0.05) is 25.4 Å². The van der Waals surface area contributed by atoms with Crippen molar-refractivity contribution in [1.29, 1.82) is 0 Å². The van der Waals surface area contributed by atoms with Crippen LogP contribution in [0.25, 0.3) is 0 Å². The minimum Gasteiger partial charge on any atom is -0.490 e. The molecule has 6 heteroatoms. The fraction of sp³-hybridized carbons (Fsp3) is 0.467. The number of carbonyl (C=O) groups is 2. The quantitative estimate of drug-likeness (QED) is 0.825. The van der Waals surface area contributed by atoms with Gasteiger partial charge in [-0.25, -0.2) is 4.79 Å². The van der Waals surface area contributed by atoms with Gasteiger partial charge in [0.25, 0.3) is 5.91 Å². The number of ether oxygens (including phenoxy) is 1. The minimum absolute atomic E-state index is 0.122. The van der Waals surface area contributed by atoms with E-state index >= 15 is 0 Å². The van der Waals surface area contributed by atoms with E-state index in [4.69, 9.17) is 16.3 Å². The highest BCUT2D eigenvalue weighted by molar-refractivity contribution is 6.30. The zero-order valence-electron chi connectivity index (χ0n) is 11.9. The Hall–Kier alpha value is -1.75. The van der Waals surface area contributed by atoms with Gasteiger partial charge in [0.05, 0.1) is 0 Å². The third-order valence-corrected chi connectivity index (χ3v) is 4.14. The Bertz CT molecular complexity index is 617. The molecule has 2 unspecified atom stereocenters. The largest absolute Gasteiger partial charge is 0.490 e. The van der Waals surface area contributed by atoms with Gasteiger partial charge >= 0.3 is 6.03 Å². The summed E-state index contributed by atoms with van der Waals surface area (Å²) in [4.78, 5) is 24.0. The lowest BCUT2D eigenvalue weighted by Gasteiger charge is -2.38. The summed E-state index contributed by atoms with van der Waals surface area (Å²) in [6, 6.07) is 4.69. The molecule has 3 rings (SSSR count). The number of imide groups is 1. The van der Waals surface area contributed by atoms with Crippen LogP contribution >= 0.6 is 11.6 Å². The van der Waals surface area contributed by atoms with Crippen molar-refractivity contribution in [3.05, 3.63) is 28.8 Å². The van der Waals surface area contributed by atoms with Crippen LogP contribution in [0, 0.1) is 5.92 Å². The highest BCUT2D eigenvalue weighted by Crippen LogP contribution is 2.43. The number of carbonyl (C=O) groups excluding carboxylic acids is 2. The van der Waals surface area contributed by atoms with Gasteiger partial charge in [-0.2, -0.15) is 0 Å². The number of halogens is 1. The first-order chi connectivity index (χ1) is 9.90. The molecule has 2 atom stereocenters. The summed E-state index contributed by atoms with van der Waals surface area (Å²) in [6.45, 7) is 4.20. The van der Waals surface area contributed by atoms with Crippen molar-refractivity contribution in [2.75, 3.05) is 0 Å². The molecule has 1 saturated heterocycles. The molecule has 0 bridgehead atoms. The highest BCUT2D eigenvalue weighted by Gasteiger charge is 2.53. The maximum absolute atomic E-state index is 12.4. The van der Waals surface area contributed by atoms with Crippen molar-refractivity contribution >= 4 is 23.5 Å². The first kappa shape index (κ1) is 14.2. The third kappa shape index (κ3) is 2.35. The van der Waals surface area contributed by atoms with Crippen LogP contribution in [0.15, 0.2) is 18.2 Å². The number of nitrogens with one attached hydrogen (secondary N) is 2. The van der Waals surface area contributed by atoms with E-state index in [-0.39, 0.29) is 12.0 Å². The van der Waals surface area contributed by atoms with Crippen LogP contribution in [0.2, 0.25) is 5.02 Å². The number of urea groups is 1. The van der Waals surface area contributed by atoms with Crippen molar-refractivity contribution in [3.8, 4) is 5.75 Å². The first-order valence-corrected chi connectivity index (χ1v) is 7.39. The van der Waals surface area contributed by atoms with Gasteiger partial charge < -0.3 is 10.1 Å². The Morgan fingerprint density at radius 3 is 2.81 bits per heavy atom. The van der Waals surface area contributed by atoms with E-state index in [0.29, 0.717) is 28.7 Å². The Kier molecular flexibility index (Phi) is 3.32. The average Bonchev–Trinajstić information content (AvgIpc) is 2.65. The number of fused-ring (bicyclic) bond motifs is 2. The molecule has 2 aliphatic heterocycles. The Morgan fingerprint density at radius 2 is 2.19 bits per heavy atom. The average molecular weight is 309 g/mol. The second-order valence-electron chi connectivity index (χ2n) is 6.03. The molecule has 0 aromatic heterocycles. The standard InChI is InChI=1S/C15H17ClN2O3/c1-8(2)5-10-7-15(13(19)17-14(20)18-15)11-6-9(16)3-4-12(11)21-10/h3-4,6,8,10H,5,7H2,1-2H3,(H2,17,18,19,20). The van der Waals surface area contributed by atoms with Crippen LogP contribution < -0.4 is 15.4 Å². The van der Waals surface area contributed by atoms with Gasteiger partial charge in [-0.15, -0.1) is 0 Å². The fourth-order valence-corrected chi connectivity index (χ4v) is 3.27. The van der Waals surface area contributed by atoms with Gasteiger partial charge in [0.1, 0.15) is 11.9 Å². The van der Waals surface area contributed by atoms with Gasteiger partial charge in [0.2, 0.25) is 0 Å². The van der Waals surface area contributed by atoms with Gasteiger partial charge in [0.15, 0.2) is 5.54 Å². The monoisotopic (exact) mass is 308 g/mol. The summed E-state index contributed by atoms with van der Waals surface area (Å²) in [7, 11) is 0. The van der Waals surface area contributed by atoms with Crippen LogP contribution in [-0.2, 0) is 10.3 Å². The lowest BCUT2D eigenvalue weighted by molar-refractivity contribution is -0.126. The molecule has 1 aromatic carbocycles. The van der Waals surface area contributed by atoms with Crippen molar-refractivity contribution in [1.82, 2.24) is 10.6 Å². The van der Waals surface area contributed by atoms with Crippen LogP contribution in [0.3, 0.4) is 0 Å². The number of amides is 3. The van der Waals surface area contributed by atoms with Crippen LogP contribution in [0.1, 0.15) is 32.3 Å². The van der Waals surface area contributed by atoms with Gasteiger partial charge in [0, 0.05) is 17.0 Å². The summed E-state index contributed by atoms with van der Waals surface area (Å²) < 4.78 is 5.98. The minimum atomic E-state index is -1.07. The molecular weight excluding hydrogens is 292 g/mol. The number of benzene rings is 1. The molecule has 1 aromatic rings. The SMILES string of the molecule is CC(C)CC1CC2(NC(=O)NC2=O)c2cc(Cl)ccc2O1. The van der Waals surface area contributed by atoms with E-state index in [9.17, 15) is 9.59 Å². The maximum atomic E-state index is 12.4. The third-order valence-electron chi connectivity index (χ3n) is 3.90. The molecule has 0 radical (unpaired) electrons. The van der Waals surface area contributed by atoms with Gasteiger partial charge in [-0.05, 0) is 30.5 Å². The zero-order chi connectivity index (χ0) is 15.2. The molecule has 3 amide bonds. The van der Waals surface area contributed by atoms with Crippen molar-refractivity contribution in [2.45, 2.75) is 38.3 Å². The molecular formula is C15H17ClN2O3. The summed E-state index contributed by atoms with van der Waals surface area (Å²) in [5.74, 6) is 0.697. The molecule has 2 N–H and O–H groups in total. The molecule has 0 saturated carbocycles. The molecule has 1 spiro atoms. The van der Waals surface area contributed by atoms with Gasteiger partial charge in [-0.3, -0.25) is 10.1 Å². The molecule has 2 aliphatic rings. The lowest BCUT2D eigenvalue weighted by Crippen LogP contribution is -2.50. The molecule has 1 fully saturated rings. The topological polar surface area (TPSA) is 67.4 Å². The van der Waals surface area contributed by atoms with Crippen molar-refractivity contribution < 1.29 is 14.3 Å². The van der Waals surface area contributed by atoms with Crippen LogP contribution in [0.4, 0.5) is 4.79 Å². The smallest absolute Gasteiger partial charge is 0.322 e. The van der Waals surface area contributed by atoms with Crippen LogP contribution in [0.5, 0.6) is 5.75 Å². The number of hydrogen-bond donors (Lipinski definition) is 2. The Labute approximate surface area is 128 Å². The summed E-state index contributed by atoms with van der Waals surface area (Å²) >= 11 is 6.04. The molecule has 112 valence electrons. The molecule has 5 nitrogen and oxygen atoms in total. The number of rotatable bonds is 2. The van der Waals surface area contributed by atoms with Crippen LogP contribution in [-0.4, -0.2) is 18.0 Å². The fourth-order valence-electron chi connectivity index (χ4n) is 3.09. The predicted octanol–water partition coefficient (Wildman–Crippen LogP) is 2.57. The first-order valence-electron chi connectivity index (χ1n) is 7.01. The Balaban J connectivity index is 2.08. The predicted molar refractivity (Wildman–Crippen MR) is 78.3 cm³/mol. The Morgan fingerprint density at radius 1 is 1.43 bits per heavy atom. The van der Waals surface area contributed by atoms with E-state index in [1.165, 1.54) is 0 Å². The summed E-state index contributed by atoms with van der Waals surface area (Å²) in [5.41, 5.74) is -0.451. The maximum Gasteiger partial charge on any atom is 0.322 e. The van der Waals surface area contributed by atoms with E-state index in [1.54, 1.807) is 18.2 Å². The summed E-state index contributed by atoms with van der Waals surface area (Å²) in [5, 5.41) is 5.60. The lowest BCUT2D eigenvalue weighted by atomic mass is 9.80. The molecule has 21 heavy (non-hydrogen) atoms. The van der Waals surface area contributed by atoms with E-state index in [2.05, 4.69) is 24.5 Å². The van der Waals surface area contributed by atoms with E-state index < -0.39 is 11.6 Å². The van der Waals surface area contributed by atoms with E-state index in [0.717, 1.165) is 6.42 Å². The van der Waals surface area contributed by atoms with E-state index in [1.807, 2.05) is 0 Å². The van der Waals surface area contributed by atoms with Crippen molar-refractivity contribution in [3.63, 3.8) is 0 Å². The normalized spacial score (nSPS) is 27.3. The molecule has 2 heterocycles. The second kappa shape index (κ2) is 4.91. The second-order valence-corrected chi connectivity index (χ2v) is 6.46. The van der Waals surface area contributed by atoms with Crippen molar-refractivity contribution in [2.24, 2.45) is 5.92 Å². The zero-order valence-corrected chi connectivity index (χ0v) is 12.7. The highest BCUT2D eigenvalue weighted by atomic mass is 35.5.